The van der Waals surface area contributed by atoms with Gasteiger partial charge in [-0.3, -0.25) is 4.79 Å². The molecule has 2 heterocycles. The maximum atomic E-state index is 12.2. The molecule has 1 aromatic rings. The summed E-state index contributed by atoms with van der Waals surface area (Å²) >= 11 is 0. The minimum atomic E-state index is -3.20. The molecule has 120 valence electrons. The third kappa shape index (κ3) is 3.33. The van der Waals surface area contributed by atoms with Crippen molar-refractivity contribution in [3.8, 4) is 0 Å². The lowest BCUT2D eigenvalue weighted by atomic mass is 10.0. The molecular weight excluding hydrogens is 300 g/mol. The monoisotopic (exact) mass is 322 g/mol. The van der Waals surface area contributed by atoms with Crippen molar-refractivity contribution < 1.29 is 13.2 Å². The summed E-state index contributed by atoms with van der Waals surface area (Å²) in [5.74, 6) is 0.706. The first-order valence-electron chi connectivity index (χ1n) is 7.88. The van der Waals surface area contributed by atoms with Gasteiger partial charge in [0, 0.05) is 6.42 Å². The minimum absolute atomic E-state index is 0.0194. The fourth-order valence-corrected chi connectivity index (χ4v) is 4.92. The predicted octanol–water partition coefficient (Wildman–Crippen LogP) is 1.41. The largest absolute Gasteiger partial charge is 0.349 e. The maximum Gasteiger partial charge on any atom is 0.220 e. The zero-order valence-corrected chi connectivity index (χ0v) is 13.4. The van der Waals surface area contributed by atoms with Gasteiger partial charge < -0.3 is 10.6 Å². The Labute approximate surface area is 131 Å². The lowest BCUT2D eigenvalue weighted by Gasteiger charge is -2.26. The number of carbonyl (C=O) groups is 1. The third-order valence-electron chi connectivity index (χ3n) is 4.58. The van der Waals surface area contributed by atoms with Crippen molar-refractivity contribution in [2.45, 2.75) is 36.6 Å². The van der Waals surface area contributed by atoms with Crippen LogP contribution in [0.2, 0.25) is 0 Å². The van der Waals surface area contributed by atoms with E-state index in [1.165, 1.54) is 0 Å². The molecule has 0 spiro atoms. The maximum absolute atomic E-state index is 12.2. The van der Waals surface area contributed by atoms with Crippen LogP contribution in [0.25, 0.3) is 0 Å². The van der Waals surface area contributed by atoms with Gasteiger partial charge in [0.05, 0.1) is 16.7 Å². The second-order valence-electron chi connectivity index (χ2n) is 6.16. The number of carbonyl (C=O) groups excluding carboxylic acids is 1. The van der Waals surface area contributed by atoms with Crippen molar-refractivity contribution in [3.05, 3.63) is 29.8 Å². The molecule has 0 aromatic heterocycles. The normalized spacial score (nSPS) is 26.4. The minimum Gasteiger partial charge on any atom is -0.349 e. The summed E-state index contributed by atoms with van der Waals surface area (Å²) < 4.78 is 24.2. The SMILES string of the molecule is O=C(CCC1CCNC1)NC1CCS(=O)(=O)c2ccccc21. The van der Waals surface area contributed by atoms with Crippen molar-refractivity contribution in [1.82, 2.24) is 10.6 Å². The van der Waals surface area contributed by atoms with E-state index in [9.17, 15) is 13.2 Å². The van der Waals surface area contributed by atoms with E-state index in [0.717, 1.165) is 31.5 Å². The van der Waals surface area contributed by atoms with Crippen LogP contribution in [-0.2, 0) is 14.6 Å². The van der Waals surface area contributed by atoms with Crippen LogP contribution >= 0.6 is 0 Å². The molecule has 22 heavy (non-hydrogen) atoms. The standard InChI is InChI=1S/C16H22N2O3S/c19-16(6-5-12-7-9-17-11-12)18-14-8-10-22(20,21)15-4-2-1-3-13(14)15/h1-4,12,14,17H,5-11H2,(H,18,19). The van der Waals surface area contributed by atoms with E-state index in [0.29, 0.717) is 23.7 Å². The predicted molar refractivity (Wildman–Crippen MR) is 84.2 cm³/mol. The fraction of sp³-hybridized carbons (Fsp3) is 0.562. The van der Waals surface area contributed by atoms with Gasteiger partial charge in [0.2, 0.25) is 5.91 Å². The number of amides is 1. The quantitative estimate of drug-likeness (QED) is 0.879. The Morgan fingerprint density at radius 2 is 2.09 bits per heavy atom. The zero-order valence-electron chi connectivity index (χ0n) is 12.5. The van der Waals surface area contributed by atoms with Gasteiger partial charge in [-0.25, -0.2) is 8.42 Å². The second-order valence-corrected chi connectivity index (χ2v) is 8.24. The van der Waals surface area contributed by atoms with E-state index in [-0.39, 0.29) is 17.7 Å². The summed E-state index contributed by atoms with van der Waals surface area (Å²) in [6, 6.07) is 6.80. The number of fused-ring (bicyclic) bond motifs is 1. The van der Waals surface area contributed by atoms with Crippen molar-refractivity contribution in [1.29, 1.82) is 0 Å². The van der Waals surface area contributed by atoms with Crippen LogP contribution in [-0.4, -0.2) is 33.2 Å². The van der Waals surface area contributed by atoms with Gasteiger partial charge in [-0.2, -0.15) is 0 Å². The highest BCUT2D eigenvalue weighted by Crippen LogP contribution is 2.32. The molecule has 5 nitrogen and oxygen atoms in total. The molecule has 2 aliphatic heterocycles. The zero-order chi connectivity index (χ0) is 15.6. The number of hydrogen-bond acceptors (Lipinski definition) is 4. The summed E-state index contributed by atoms with van der Waals surface area (Å²) in [6.45, 7) is 2.04. The molecule has 6 heteroatoms. The van der Waals surface area contributed by atoms with Crippen LogP contribution in [0, 0.1) is 5.92 Å². The van der Waals surface area contributed by atoms with Gasteiger partial charge in [-0.1, -0.05) is 18.2 Å². The Morgan fingerprint density at radius 3 is 2.86 bits per heavy atom. The molecule has 0 aliphatic carbocycles. The molecule has 1 saturated heterocycles. The molecule has 1 aromatic carbocycles. The summed E-state index contributed by atoms with van der Waals surface area (Å²) in [5, 5.41) is 6.31. The Morgan fingerprint density at radius 1 is 1.27 bits per heavy atom. The van der Waals surface area contributed by atoms with Crippen molar-refractivity contribution in [2.75, 3.05) is 18.8 Å². The van der Waals surface area contributed by atoms with Gasteiger partial charge in [0.15, 0.2) is 9.84 Å². The molecule has 1 amide bonds. The van der Waals surface area contributed by atoms with Crippen molar-refractivity contribution in [2.24, 2.45) is 5.92 Å². The van der Waals surface area contributed by atoms with Gasteiger partial charge in [-0.15, -0.1) is 0 Å². The van der Waals surface area contributed by atoms with E-state index in [2.05, 4.69) is 10.6 Å². The molecule has 2 unspecified atom stereocenters. The highest BCUT2D eigenvalue weighted by molar-refractivity contribution is 7.91. The van der Waals surface area contributed by atoms with Crippen LogP contribution in [0.4, 0.5) is 0 Å². The molecule has 0 saturated carbocycles. The molecular formula is C16H22N2O3S. The number of nitrogens with one attached hydrogen (secondary N) is 2. The van der Waals surface area contributed by atoms with E-state index < -0.39 is 9.84 Å². The Hall–Kier alpha value is -1.40. The lowest BCUT2D eigenvalue weighted by Crippen LogP contribution is -2.34. The van der Waals surface area contributed by atoms with Gasteiger partial charge in [0.25, 0.3) is 0 Å². The Bertz CT molecular complexity index is 651. The van der Waals surface area contributed by atoms with Crippen LogP contribution in [0.3, 0.4) is 0 Å². The van der Waals surface area contributed by atoms with E-state index in [4.69, 9.17) is 0 Å². The Kier molecular flexibility index (Phi) is 4.49. The van der Waals surface area contributed by atoms with Crippen LogP contribution in [0.15, 0.2) is 29.2 Å². The topological polar surface area (TPSA) is 75.3 Å². The average Bonchev–Trinajstić information content (AvgIpc) is 3.02. The second kappa shape index (κ2) is 6.38. The molecule has 1 fully saturated rings. The van der Waals surface area contributed by atoms with E-state index in [1.54, 1.807) is 18.2 Å². The average molecular weight is 322 g/mol. The number of rotatable bonds is 4. The lowest BCUT2D eigenvalue weighted by molar-refractivity contribution is -0.122. The summed E-state index contributed by atoms with van der Waals surface area (Å²) in [4.78, 5) is 12.5. The van der Waals surface area contributed by atoms with Crippen LogP contribution in [0.5, 0.6) is 0 Å². The summed E-state index contributed by atoms with van der Waals surface area (Å²) in [7, 11) is -3.20. The van der Waals surface area contributed by atoms with Crippen molar-refractivity contribution in [3.63, 3.8) is 0 Å². The summed E-state index contributed by atoms with van der Waals surface area (Å²) in [6.07, 6.45) is 3.00. The highest BCUT2D eigenvalue weighted by atomic mass is 32.2. The molecule has 2 aliphatic rings. The molecule has 0 bridgehead atoms. The van der Waals surface area contributed by atoms with Gasteiger partial charge in [0.1, 0.15) is 0 Å². The van der Waals surface area contributed by atoms with E-state index >= 15 is 0 Å². The number of sulfone groups is 1. The molecule has 2 atom stereocenters. The smallest absolute Gasteiger partial charge is 0.220 e. The summed E-state index contributed by atoms with van der Waals surface area (Å²) in [5.41, 5.74) is 0.727. The van der Waals surface area contributed by atoms with E-state index in [1.807, 2.05) is 6.07 Å². The van der Waals surface area contributed by atoms with Crippen molar-refractivity contribution >= 4 is 15.7 Å². The molecule has 3 rings (SSSR count). The van der Waals surface area contributed by atoms with Crippen LogP contribution < -0.4 is 10.6 Å². The molecule has 2 N–H and O–H groups in total. The third-order valence-corrected chi connectivity index (χ3v) is 6.40. The highest BCUT2D eigenvalue weighted by Gasteiger charge is 2.30. The first-order valence-corrected chi connectivity index (χ1v) is 9.53. The Balaban J connectivity index is 1.64. The van der Waals surface area contributed by atoms with Crippen LogP contribution in [0.1, 0.15) is 37.3 Å². The van der Waals surface area contributed by atoms with Gasteiger partial charge in [-0.05, 0) is 49.9 Å². The number of benzene rings is 1. The first kappa shape index (κ1) is 15.5. The van der Waals surface area contributed by atoms with Gasteiger partial charge >= 0.3 is 0 Å². The molecule has 0 radical (unpaired) electrons. The fourth-order valence-electron chi connectivity index (χ4n) is 3.30. The first-order chi connectivity index (χ1) is 10.6. The number of hydrogen-bond donors (Lipinski definition) is 2.